The van der Waals surface area contributed by atoms with Crippen molar-refractivity contribution in [2.24, 2.45) is 11.3 Å². The van der Waals surface area contributed by atoms with Crippen molar-refractivity contribution in [1.82, 2.24) is 4.90 Å². The lowest BCUT2D eigenvalue weighted by atomic mass is 9.74. The van der Waals surface area contributed by atoms with E-state index in [9.17, 15) is 9.90 Å². The van der Waals surface area contributed by atoms with Crippen LogP contribution in [0.15, 0.2) is 42.5 Å². The van der Waals surface area contributed by atoms with Gasteiger partial charge in [-0.25, -0.2) is 0 Å². The number of hydrogen-bond donors (Lipinski definition) is 1. The summed E-state index contributed by atoms with van der Waals surface area (Å²) in [7, 11) is 0. The molecule has 4 nitrogen and oxygen atoms in total. The van der Waals surface area contributed by atoms with Gasteiger partial charge >= 0.3 is 0 Å². The van der Waals surface area contributed by atoms with E-state index in [1.165, 1.54) is 27.8 Å². The Morgan fingerprint density at radius 1 is 1.07 bits per heavy atom. The smallest absolute Gasteiger partial charge is 0.229 e. The lowest BCUT2D eigenvalue weighted by molar-refractivity contribution is -0.147. The number of likely N-dealkylation sites (tertiary alicyclic amines) is 1. The van der Waals surface area contributed by atoms with Crippen LogP contribution in [0.2, 0.25) is 0 Å². The van der Waals surface area contributed by atoms with Crippen molar-refractivity contribution in [1.29, 1.82) is 0 Å². The van der Waals surface area contributed by atoms with Crippen LogP contribution in [0.3, 0.4) is 0 Å². The van der Waals surface area contributed by atoms with Crippen LogP contribution in [0.25, 0.3) is 11.1 Å². The van der Waals surface area contributed by atoms with Gasteiger partial charge in [-0.05, 0) is 56.2 Å². The second-order valence-electron chi connectivity index (χ2n) is 9.23. The third-order valence-electron chi connectivity index (χ3n) is 6.79. The van der Waals surface area contributed by atoms with E-state index in [4.69, 9.17) is 4.74 Å². The highest BCUT2D eigenvalue weighted by Crippen LogP contribution is 2.38. The first-order valence-electron chi connectivity index (χ1n) is 11.1. The minimum Gasteiger partial charge on any atom is -0.396 e. The molecular weight excluding hydrogens is 374 g/mol. The van der Waals surface area contributed by atoms with Crippen LogP contribution < -0.4 is 0 Å². The predicted octanol–water partition coefficient (Wildman–Crippen LogP) is 4.15. The maximum absolute atomic E-state index is 13.5. The van der Waals surface area contributed by atoms with E-state index >= 15 is 0 Å². The van der Waals surface area contributed by atoms with Gasteiger partial charge in [0.2, 0.25) is 5.91 Å². The third kappa shape index (κ3) is 4.45. The highest BCUT2D eigenvalue weighted by molar-refractivity contribution is 5.83. The quantitative estimate of drug-likeness (QED) is 0.810. The molecule has 4 heteroatoms. The molecule has 160 valence electrons. The summed E-state index contributed by atoms with van der Waals surface area (Å²) in [6, 6.07) is 15.3. The number of rotatable bonds is 5. The van der Waals surface area contributed by atoms with Crippen LogP contribution in [0.5, 0.6) is 0 Å². The van der Waals surface area contributed by atoms with Gasteiger partial charge < -0.3 is 14.7 Å². The maximum Gasteiger partial charge on any atom is 0.229 e. The van der Waals surface area contributed by atoms with Gasteiger partial charge in [-0.3, -0.25) is 4.79 Å². The molecule has 2 aromatic rings. The van der Waals surface area contributed by atoms with E-state index in [-0.39, 0.29) is 23.8 Å². The number of aliphatic hydroxyl groups is 1. The molecule has 2 aliphatic rings. The Morgan fingerprint density at radius 2 is 1.73 bits per heavy atom. The fourth-order valence-corrected chi connectivity index (χ4v) is 5.08. The summed E-state index contributed by atoms with van der Waals surface area (Å²) < 4.78 is 5.61. The van der Waals surface area contributed by atoms with Gasteiger partial charge in [-0.2, -0.15) is 0 Å². The molecule has 0 bridgehead atoms. The minimum absolute atomic E-state index is 0.166. The average Bonchev–Trinajstić information content (AvgIpc) is 3.23. The zero-order valence-corrected chi connectivity index (χ0v) is 18.2. The fraction of sp³-hybridized carbons (Fsp3) is 0.500. The summed E-state index contributed by atoms with van der Waals surface area (Å²) in [6.07, 6.45) is 3.19. The Kier molecular flexibility index (Phi) is 6.26. The Labute approximate surface area is 179 Å². The Morgan fingerprint density at radius 3 is 2.33 bits per heavy atom. The number of aliphatic hydroxyl groups excluding tert-OH is 1. The molecular formula is C26H33NO3. The van der Waals surface area contributed by atoms with Gasteiger partial charge in [-0.1, -0.05) is 53.6 Å². The summed E-state index contributed by atoms with van der Waals surface area (Å²) >= 11 is 0. The van der Waals surface area contributed by atoms with Crippen LogP contribution in [-0.2, 0) is 16.0 Å². The lowest BCUT2D eigenvalue weighted by Gasteiger charge is -2.39. The van der Waals surface area contributed by atoms with Crippen molar-refractivity contribution in [2.45, 2.75) is 39.5 Å². The second-order valence-corrected chi connectivity index (χ2v) is 9.23. The summed E-state index contributed by atoms with van der Waals surface area (Å²) in [4.78, 5) is 15.5. The molecule has 1 N–H and O–H groups in total. The van der Waals surface area contributed by atoms with Gasteiger partial charge in [0, 0.05) is 38.8 Å². The zero-order chi connectivity index (χ0) is 21.1. The van der Waals surface area contributed by atoms with Crippen LogP contribution >= 0.6 is 0 Å². The van der Waals surface area contributed by atoms with Crippen molar-refractivity contribution in [2.75, 3.05) is 32.9 Å². The molecule has 0 saturated carbocycles. The molecule has 1 amide bonds. The number of carbonyl (C=O) groups is 1. The molecule has 0 aliphatic carbocycles. The molecule has 0 aromatic heterocycles. The number of aryl methyl sites for hydroxylation is 2. The topological polar surface area (TPSA) is 49.8 Å². The summed E-state index contributed by atoms with van der Waals surface area (Å²) in [5, 5.41) is 9.47. The van der Waals surface area contributed by atoms with Crippen molar-refractivity contribution >= 4 is 5.91 Å². The van der Waals surface area contributed by atoms with E-state index in [1.54, 1.807) is 0 Å². The highest BCUT2D eigenvalue weighted by atomic mass is 16.5. The first-order valence-corrected chi connectivity index (χ1v) is 11.1. The fourth-order valence-electron chi connectivity index (χ4n) is 5.08. The molecule has 0 radical (unpaired) electrons. The molecule has 2 aliphatic heterocycles. The maximum atomic E-state index is 13.5. The largest absolute Gasteiger partial charge is 0.396 e. The van der Waals surface area contributed by atoms with Gasteiger partial charge in [-0.15, -0.1) is 0 Å². The van der Waals surface area contributed by atoms with Crippen LogP contribution in [0.1, 0.15) is 36.0 Å². The van der Waals surface area contributed by atoms with Crippen LogP contribution in [-0.4, -0.2) is 48.8 Å². The van der Waals surface area contributed by atoms with Crippen LogP contribution in [0, 0.1) is 25.2 Å². The lowest BCUT2D eigenvalue weighted by Crippen LogP contribution is -2.47. The first-order chi connectivity index (χ1) is 14.5. The predicted molar refractivity (Wildman–Crippen MR) is 119 cm³/mol. The molecule has 1 atom stereocenters. The van der Waals surface area contributed by atoms with E-state index < -0.39 is 0 Å². The number of hydrogen-bond acceptors (Lipinski definition) is 3. The monoisotopic (exact) mass is 407 g/mol. The summed E-state index contributed by atoms with van der Waals surface area (Å²) in [6.45, 7) is 7.16. The normalized spacial score (nSPS) is 21.0. The van der Waals surface area contributed by atoms with Crippen molar-refractivity contribution < 1.29 is 14.6 Å². The van der Waals surface area contributed by atoms with E-state index in [2.05, 4.69) is 56.3 Å². The molecule has 2 heterocycles. The number of ether oxygens (including phenoxy) is 1. The van der Waals surface area contributed by atoms with Crippen molar-refractivity contribution in [3.05, 3.63) is 59.2 Å². The minimum atomic E-state index is -0.385. The number of benzene rings is 2. The number of amides is 1. The van der Waals surface area contributed by atoms with Gasteiger partial charge in [0.05, 0.1) is 5.41 Å². The summed E-state index contributed by atoms with van der Waals surface area (Å²) in [5.74, 6) is 0.475. The van der Waals surface area contributed by atoms with Gasteiger partial charge in [0.1, 0.15) is 0 Å². The molecule has 0 unspecified atom stereocenters. The Bertz CT molecular complexity index is 863. The first kappa shape index (κ1) is 21.1. The zero-order valence-electron chi connectivity index (χ0n) is 18.2. The molecule has 2 saturated heterocycles. The molecule has 2 fully saturated rings. The molecule has 2 aromatic carbocycles. The third-order valence-corrected chi connectivity index (χ3v) is 6.79. The average molecular weight is 408 g/mol. The second kappa shape index (κ2) is 8.91. The van der Waals surface area contributed by atoms with Gasteiger partial charge in [0.25, 0.3) is 0 Å². The molecule has 4 rings (SSSR count). The highest BCUT2D eigenvalue weighted by Gasteiger charge is 2.44. The van der Waals surface area contributed by atoms with E-state index in [0.717, 1.165) is 32.2 Å². The SMILES string of the molecule is Cc1cc(C)cc(-c2ccc(CC3(C(=O)N4CC[C@@H](CO)C4)CCOCC3)cc2)c1. The van der Waals surface area contributed by atoms with E-state index in [1.807, 2.05) is 4.90 Å². The standard InChI is InChI=1S/C26H33NO3/c1-19-13-20(2)15-24(14-19)23-5-3-21(4-6-23)16-26(8-11-30-12-9-26)25(29)27-10-7-22(17-27)18-28/h3-6,13-15,22,28H,7-12,16-18H2,1-2H3/t22-/m1/s1. The van der Waals surface area contributed by atoms with Crippen molar-refractivity contribution in [3.63, 3.8) is 0 Å². The number of carbonyl (C=O) groups excluding carboxylic acids is 1. The Hall–Kier alpha value is -2.17. The summed E-state index contributed by atoms with van der Waals surface area (Å²) in [5.41, 5.74) is 5.81. The van der Waals surface area contributed by atoms with Gasteiger partial charge in [0.15, 0.2) is 0 Å². The molecule has 30 heavy (non-hydrogen) atoms. The van der Waals surface area contributed by atoms with Crippen molar-refractivity contribution in [3.8, 4) is 11.1 Å². The molecule has 0 spiro atoms. The number of nitrogens with zero attached hydrogens (tertiary/aromatic N) is 1. The van der Waals surface area contributed by atoms with Crippen LogP contribution in [0.4, 0.5) is 0 Å². The Balaban J connectivity index is 1.54. The van der Waals surface area contributed by atoms with E-state index in [0.29, 0.717) is 19.8 Å².